The van der Waals surface area contributed by atoms with Crippen LogP contribution in [-0.4, -0.2) is 41.2 Å². The second kappa shape index (κ2) is 4.70. The van der Waals surface area contributed by atoms with Crippen molar-refractivity contribution < 1.29 is 24.0 Å². The highest BCUT2D eigenvalue weighted by Crippen LogP contribution is 2.10. The largest absolute Gasteiger partial charge is 0.444 e. The average Bonchev–Trinajstić information content (AvgIpc) is 2.44. The Balaban J connectivity index is 2.52. The molecule has 1 rings (SSSR count). The summed E-state index contributed by atoms with van der Waals surface area (Å²) in [6.45, 7) is 6.26. The summed E-state index contributed by atoms with van der Waals surface area (Å²) in [5.74, 6) is -1.12. The van der Waals surface area contributed by atoms with E-state index < -0.39 is 29.6 Å². The maximum Gasteiger partial charge on any atom is 0.408 e. The van der Waals surface area contributed by atoms with E-state index in [-0.39, 0.29) is 6.61 Å². The van der Waals surface area contributed by atoms with E-state index in [1.165, 1.54) is 6.92 Å². The highest BCUT2D eigenvalue weighted by Gasteiger charge is 2.37. The Labute approximate surface area is 99.0 Å². The number of hydrogen-bond acceptors (Lipinski definition) is 5. The Morgan fingerprint density at radius 1 is 1.47 bits per heavy atom. The van der Waals surface area contributed by atoms with Crippen LogP contribution >= 0.6 is 0 Å². The maximum absolute atomic E-state index is 11.6. The third-order valence-corrected chi connectivity index (χ3v) is 1.85. The smallest absolute Gasteiger partial charge is 0.408 e. The molecule has 96 valence electrons. The third kappa shape index (κ3) is 3.70. The van der Waals surface area contributed by atoms with Gasteiger partial charge >= 0.3 is 6.09 Å². The van der Waals surface area contributed by atoms with Gasteiger partial charge < -0.3 is 10.1 Å². The molecule has 0 bridgehead atoms. The van der Waals surface area contributed by atoms with Crippen molar-refractivity contribution in [2.75, 3.05) is 6.61 Å². The van der Waals surface area contributed by atoms with Gasteiger partial charge in [-0.25, -0.2) is 4.79 Å². The predicted molar refractivity (Wildman–Crippen MR) is 56.6 cm³/mol. The first-order valence-corrected chi connectivity index (χ1v) is 5.17. The number of nitrogens with one attached hydrogen (secondary N) is 1. The summed E-state index contributed by atoms with van der Waals surface area (Å²) < 4.78 is 4.98. The number of hydrogen-bond donors (Lipinski definition) is 1. The van der Waals surface area contributed by atoms with E-state index in [9.17, 15) is 14.4 Å². The first-order chi connectivity index (χ1) is 7.70. The molecule has 7 nitrogen and oxygen atoms in total. The quantitative estimate of drug-likeness (QED) is 0.712. The molecule has 1 heterocycles. The van der Waals surface area contributed by atoms with Gasteiger partial charge in [0.05, 0.1) is 0 Å². The van der Waals surface area contributed by atoms with Crippen molar-refractivity contribution in [2.24, 2.45) is 0 Å². The minimum Gasteiger partial charge on any atom is -0.444 e. The highest BCUT2D eigenvalue weighted by atomic mass is 16.7. The van der Waals surface area contributed by atoms with E-state index in [1.807, 2.05) is 0 Å². The standard InChI is InChI=1S/C10H16N2O5/c1-6(13)12-8(14)7(5-16-12)11-9(15)17-10(2,3)4/h7H,5H2,1-4H3,(H,11,15). The SMILES string of the molecule is CC(=O)N1OCC(NC(=O)OC(C)(C)C)C1=O. The van der Waals surface area contributed by atoms with Crippen molar-refractivity contribution in [3.8, 4) is 0 Å². The first kappa shape index (κ1) is 13.4. The van der Waals surface area contributed by atoms with Gasteiger partial charge in [0.2, 0.25) is 5.91 Å². The molecule has 0 radical (unpaired) electrons. The van der Waals surface area contributed by atoms with Crippen molar-refractivity contribution in [3.63, 3.8) is 0 Å². The molecule has 0 spiro atoms. The molecular weight excluding hydrogens is 228 g/mol. The molecule has 17 heavy (non-hydrogen) atoms. The van der Waals surface area contributed by atoms with Crippen molar-refractivity contribution in [1.82, 2.24) is 10.4 Å². The molecule has 0 aromatic heterocycles. The summed E-state index contributed by atoms with van der Waals surface area (Å²) in [7, 11) is 0. The summed E-state index contributed by atoms with van der Waals surface area (Å²) in [5.41, 5.74) is -0.646. The predicted octanol–water partition coefficient (Wildman–Crippen LogP) is 0.200. The summed E-state index contributed by atoms with van der Waals surface area (Å²) >= 11 is 0. The zero-order valence-electron chi connectivity index (χ0n) is 10.3. The second-order valence-corrected chi connectivity index (χ2v) is 4.65. The van der Waals surface area contributed by atoms with E-state index in [1.54, 1.807) is 20.8 Å². The van der Waals surface area contributed by atoms with Crippen LogP contribution in [0.5, 0.6) is 0 Å². The van der Waals surface area contributed by atoms with E-state index in [2.05, 4.69) is 5.32 Å². The Morgan fingerprint density at radius 3 is 2.47 bits per heavy atom. The first-order valence-electron chi connectivity index (χ1n) is 5.17. The topological polar surface area (TPSA) is 84.9 Å². The van der Waals surface area contributed by atoms with Crippen LogP contribution in [0.4, 0.5) is 4.79 Å². The van der Waals surface area contributed by atoms with Gasteiger partial charge in [0, 0.05) is 6.92 Å². The Hall–Kier alpha value is -1.63. The second-order valence-electron chi connectivity index (χ2n) is 4.65. The van der Waals surface area contributed by atoms with Crippen LogP contribution in [0.2, 0.25) is 0 Å². The molecule has 1 atom stereocenters. The molecule has 1 fully saturated rings. The number of carbonyl (C=O) groups is 3. The van der Waals surface area contributed by atoms with Gasteiger partial charge in [0.15, 0.2) is 0 Å². The molecule has 0 aromatic carbocycles. The fourth-order valence-corrected chi connectivity index (χ4v) is 1.22. The fraction of sp³-hybridized carbons (Fsp3) is 0.700. The molecule has 0 aromatic rings. The Morgan fingerprint density at radius 2 is 2.06 bits per heavy atom. The number of ether oxygens (including phenoxy) is 1. The van der Waals surface area contributed by atoms with E-state index >= 15 is 0 Å². The van der Waals surface area contributed by atoms with Crippen LogP contribution in [0, 0.1) is 0 Å². The molecular formula is C10H16N2O5. The lowest BCUT2D eigenvalue weighted by molar-refractivity contribution is -0.176. The van der Waals surface area contributed by atoms with Crippen molar-refractivity contribution in [1.29, 1.82) is 0 Å². The Kier molecular flexibility index (Phi) is 3.72. The number of carbonyl (C=O) groups excluding carboxylic acids is 3. The monoisotopic (exact) mass is 244 g/mol. The lowest BCUT2D eigenvalue weighted by Crippen LogP contribution is -2.45. The molecule has 1 aliphatic rings. The summed E-state index contributed by atoms with van der Waals surface area (Å²) in [6.07, 6.45) is -0.718. The van der Waals surface area contributed by atoms with Crippen LogP contribution < -0.4 is 5.32 Å². The number of rotatable bonds is 1. The van der Waals surface area contributed by atoms with Gasteiger partial charge in [-0.3, -0.25) is 14.4 Å². The van der Waals surface area contributed by atoms with Gasteiger partial charge in [-0.2, -0.15) is 5.06 Å². The minimum atomic E-state index is -0.881. The number of nitrogens with zero attached hydrogens (tertiary/aromatic N) is 1. The van der Waals surface area contributed by atoms with E-state index in [4.69, 9.17) is 9.57 Å². The molecule has 7 heteroatoms. The number of alkyl carbamates (subject to hydrolysis) is 1. The van der Waals surface area contributed by atoms with Crippen LogP contribution in [0.25, 0.3) is 0 Å². The molecule has 0 saturated carbocycles. The van der Waals surface area contributed by atoms with Gasteiger partial charge in [0.1, 0.15) is 18.2 Å². The lowest BCUT2D eigenvalue weighted by Gasteiger charge is -2.20. The Bertz CT molecular complexity index is 347. The van der Waals surface area contributed by atoms with Gasteiger partial charge in [0.25, 0.3) is 5.91 Å². The normalized spacial score (nSPS) is 20.4. The van der Waals surface area contributed by atoms with Gasteiger partial charge in [-0.1, -0.05) is 0 Å². The summed E-state index contributed by atoms with van der Waals surface area (Å²) in [4.78, 5) is 38.7. The average molecular weight is 244 g/mol. The lowest BCUT2D eigenvalue weighted by atomic mass is 10.2. The molecule has 1 saturated heterocycles. The van der Waals surface area contributed by atoms with Crippen molar-refractivity contribution >= 4 is 17.9 Å². The third-order valence-electron chi connectivity index (χ3n) is 1.85. The van der Waals surface area contributed by atoms with Crippen LogP contribution in [0.1, 0.15) is 27.7 Å². The zero-order chi connectivity index (χ0) is 13.2. The van der Waals surface area contributed by atoms with E-state index in [0.717, 1.165) is 0 Å². The molecule has 1 aliphatic heterocycles. The number of imide groups is 1. The summed E-state index contributed by atoms with van der Waals surface area (Å²) in [6, 6.07) is -0.881. The molecule has 3 amide bonds. The highest BCUT2D eigenvalue weighted by molar-refractivity contribution is 5.98. The molecule has 1 unspecified atom stereocenters. The van der Waals surface area contributed by atoms with Crippen LogP contribution in [-0.2, 0) is 19.2 Å². The fourth-order valence-electron chi connectivity index (χ4n) is 1.22. The zero-order valence-corrected chi connectivity index (χ0v) is 10.3. The molecule has 1 N–H and O–H groups in total. The van der Waals surface area contributed by atoms with E-state index in [0.29, 0.717) is 5.06 Å². The van der Waals surface area contributed by atoms with Gasteiger partial charge in [-0.15, -0.1) is 0 Å². The minimum absolute atomic E-state index is 0.0718. The van der Waals surface area contributed by atoms with Crippen LogP contribution in [0.3, 0.4) is 0 Å². The maximum atomic E-state index is 11.6. The molecule has 0 aliphatic carbocycles. The van der Waals surface area contributed by atoms with Crippen LogP contribution in [0.15, 0.2) is 0 Å². The number of amides is 3. The van der Waals surface area contributed by atoms with Crippen molar-refractivity contribution in [2.45, 2.75) is 39.3 Å². The summed E-state index contributed by atoms with van der Waals surface area (Å²) in [5, 5.41) is 2.97. The van der Waals surface area contributed by atoms with Gasteiger partial charge in [-0.05, 0) is 20.8 Å². The van der Waals surface area contributed by atoms with Crippen molar-refractivity contribution in [3.05, 3.63) is 0 Å². The number of hydroxylamine groups is 2.